The lowest BCUT2D eigenvalue weighted by Crippen LogP contribution is -2.30. The van der Waals surface area contributed by atoms with Gasteiger partial charge in [-0.05, 0) is 54.4 Å². The minimum absolute atomic E-state index is 0.0523. The van der Waals surface area contributed by atoms with Gasteiger partial charge in [0.2, 0.25) is 5.91 Å². The van der Waals surface area contributed by atoms with Gasteiger partial charge in [-0.15, -0.1) is 10.2 Å². The Morgan fingerprint density at radius 1 is 1.09 bits per heavy atom. The van der Waals surface area contributed by atoms with Gasteiger partial charge in [0.05, 0.1) is 18.6 Å². The molecule has 0 saturated carbocycles. The number of carbonyl (C=O) groups is 1. The zero-order valence-corrected chi connectivity index (χ0v) is 19.3. The van der Waals surface area contributed by atoms with Gasteiger partial charge in [-0.3, -0.25) is 9.36 Å². The van der Waals surface area contributed by atoms with Crippen LogP contribution < -0.4 is 9.64 Å². The molecule has 0 atom stereocenters. The highest BCUT2D eigenvalue weighted by Gasteiger charge is 2.25. The van der Waals surface area contributed by atoms with Crippen LogP contribution in [-0.4, -0.2) is 33.0 Å². The Balaban J connectivity index is 1.30. The second-order valence-corrected chi connectivity index (χ2v) is 8.90. The van der Waals surface area contributed by atoms with E-state index in [1.807, 2.05) is 39.8 Å². The predicted molar refractivity (Wildman–Crippen MR) is 127 cm³/mol. The number of halogens is 1. The molecule has 5 rings (SSSR count). The van der Waals surface area contributed by atoms with Crippen molar-refractivity contribution in [2.75, 3.05) is 17.2 Å². The Kier molecular flexibility index (Phi) is 6.37. The molecule has 3 heterocycles. The van der Waals surface area contributed by atoms with Crippen LogP contribution in [0, 0.1) is 0 Å². The molecule has 33 heavy (non-hydrogen) atoms. The number of fused-ring (bicyclic) bond motifs is 1. The van der Waals surface area contributed by atoms with Crippen molar-refractivity contribution in [2.45, 2.75) is 24.7 Å². The van der Waals surface area contributed by atoms with Gasteiger partial charge in [-0.1, -0.05) is 41.6 Å². The summed E-state index contributed by atoms with van der Waals surface area (Å²) in [4.78, 5) is 14.8. The van der Waals surface area contributed by atoms with Gasteiger partial charge in [-0.25, -0.2) is 0 Å². The molecule has 1 amide bonds. The first-order valence-electron chi connectivity index (χ1n) is 10.5. The molecule has 0 bridgehead atoms. The SMILES string of the molecule is O=C(CSc1nnc(COc2ccc(Cl)cc2)n1Cc1ccco1)N1CCc2ccccc21. The van der Waals surface area contributed by atoms with Crippen LogP contribution in [0.5, 0.6) is 5.75 Å². The minimum Gasteiger partial charge on any atom is -0.486 e. The second-order valence-electron chi connectivity index (χ2n) is 7.52. The normalized spacial score (nSPS) is 12.7. The minimum atomic E-state index is 0.0523. The summed E-state index contributed by atoms with van der Waals surface area (Å²) in [5, 5.41) is 9.93. The summed E-state index contributed by atoms with van der Waals surface area (Å²) in [6.45, 7) is 1.38. The average molecular weight is 481 g/mol. The molecule has 2 aromatic carbocycles. The average Bonchev–Trinajstić information content (AvgIpc) is 3.58. The lowest BCUT2D eigenvalue weighted by atomic mass is 10.2. The number of hydrogen-bond acceptors (Lipinski definition) is 6. The van der Waals surface area contributed by atoms with Gasteiger partial charge in [0.15, 0.2) is 11.0 Å². The van der Waals surface area contributed by atoms with E-state index in [9.17, 15) is 4.79 Å². The van der Waals surface area contributed by atoms with E-state index < -0.39 is 0 Å². The number of thioether (sulfide) groups is 1. The first-order chi connectivity index (χ1) is 16.2. The standard InChI is InChI=1S/C24H21ClN4O3S/c25-18-7-9-19(10-8-18)32-15-22-26-27-24(29(22)14-20-5-3-13-31-20)33-16-23(30)28-12-11-17-4-1-2-6-21(17)28/h1-10,13H,11-12,14-16H2. The van der Waals surface area contributed by atoms with Crippen LogP contribution in [0.25, 0.3) is 0 Å². The molecule has 0 radical (unpaired) electrons. The molecular weight excluding hydrogens is 460 g/mol. The number of hydrogen-bond donors (Lipinski definition) is 0. The number of aromatic nitrogens is 3. The Bertz CT molecular complexity index is 1240. The monoisotopic (exact) mass is 480 g/mol. The third-order valence-corrected chi connectivity index (χ3v) is 6.59. The first-order valence-corrected chi connectivity index (χ1v) is 11.9. The van der Waals surface area contributed by atoms with Gasteiger partial charge in [0, 0.05) is 17.3 Å². The van der Waals surface area contributed by atoms with E-state index in [4.69, 9.17) is 20.8 Å². The van der Waals surface area contributed by atoms with E-state index in [0.29, 0.717) is 34.8 Å². The first kappa shape index (κ1) is 21.6. The number of amides is 1. The summed E-state index contributed by atoms with van der Waals surface area (Å²) in [6.07, 6.45) is 2.51. The van der Waals surface area contributed by atoms with Crippen LogP contribution in [0.3, 0.4) is 0 Å². The number of furan rings is 1. The molecule has 0 aliphatic carbocycles. The van der Waals surface area contributed by atoms with Crippen molar-refractivity contribution in [3.63, 3.8) is 0 Å². The highest BCUT2D eigenvalue weighted by molar-refractivity contribution is 7.99. The van der Waals surface area contributed by atoms with E-state index >= 15 is 0 Å². The fourth-order valence-corrected chi connectivity index (χ4v) is 4.69. The maximum atomic E-state index is 12.9. The van der Waals surface area contributed by atoms with E-state index in [0.717, 1.165) is 17.9 Å². The van der Waals surface area contributed by atoms with Gasteiger partial charge < -0.3 is 14.1 Å². The fourth-order valence-electron chi connectivity index (χ4n) is 3.73. The third kappa shape index (κ3) is 4.91. The van der Waals surface area contributed by atoms with Gasteiger partial charge >= 0.3 is 0 Å². The molecule has 1 aliphatic heterocycles. The lowest BCUT2D eigenvalue weighted by Gasteiger charge is -2.17. The molecule has 0 fully saturated rings. The summed E-state index contributed by atoms with van der Waals surface area (Å²) in [7, 11) is 0. The zero-order valence-electron chi connectivity index (χ0n) is 17.7. The molecular formula is C24H21ClN4O3S. The molecule has 0 unspecified atom stereocenters. The smallest absolute Gasteiger partial charge is 0.237 e. The quantitative estimate of drug-likeness (QED) is 0.336. The van der Waals surface area contributed by atoms with Crippen LogP contribution in [0.4, 0.5) is 5.69 Å². The van der Waals surface area contributed by atoms with Crippen molar-refractivity contribution in [1.82, 2.24) is 14.8 Å². The van der Waals surface area contributed by atoms with Crippen LogP contribution in [0.1, 0.15) is 17.1 Å². The molecule has 1 aliphatic rings. The molecule has 4 aromatic rings. The fraction of sp³-hybridized carbons (Fsp3) is 0.208. The Labute approximate surface area is 200 Å². The maximum absolute atomic E-state index is 12.9. The van der Waals surface area contributed by atoms with E-state index in [2.05, 4.69) is 16.3 Å². The number of para-hydroxylation sites is 1. The second kappa shape index (κ2) is 9.72. The van der Waals surface area contributed by atoms with E-state index in [1.54, 1.807) is 30.5 Å². The summed E-state index contributed by atoms with van der Waals surface area (Å²) in [5.74, 6) is 2.41. The number of carbonyl (C=O) groups excluding carboxylic acids is 1. The van der Waals surface area contributed by atoms with Crippen molar-refractivity contribution < 1.29 is 13.9 Å². The van der Waals surface area contributed by atoms with Crippen LogP contribution in [0.2, 0.25) is 5.02 Å². The number of anilines is 1. The summed E-state index contributed by atoms with van der Waals surface area (Å²) in [6, 6.07) is 18.9. The maximum Gasteiger partial charge on any atom is 0.237 e. The van der Waals surface area contributed by atoms with E-state index in [1.165, 1.54) is 17.3 Å². The summed E-state index contributed by atoms with van der Waals surface area (Å²) in [5.41, 5.74) is 2.20. The Hall–Kier alpha value is -3.23. The Morgan fingerprint density at radius 2 is 1.94 bits per heavy atom. The third-order valence-electron chi connectivity index (χ3n) is 5.38. The van der Waals surface area contributed by atoms with Crippen molar-refractivity contribution >= 4 is 35.0 Å². The van der Waals surface area contributed by atoms with Gasteiger partial charge in [0.1, 0.15) is 18.1 Å². The van der Waals surface area contributed by atoms with Crippen molar-refractivity contribution in [3.8, 4) is 5.75 Å². The molecule has 7 nitrogen and oxygen atoms in total. The Morgan fingerprint density at radius 3 is 2.76 bits per heavy atom. The molecule has 0 spiro atoms. The zero-order chi connectivity index (χ0) is 22.6. The van der Waals surface area contributed by atoms with Crippen LogP contribution in [-0.2, 0) is 24.4 Å². The molecule has 2 aromatic heterocycles. The van der Waals surface area contributed by atoms with Crippen LogP contribution >= 0.6 is 23.4 Å². The highest BCUT2D eigenvalue weighted by atomic mass is 35.5. The number of rotatable bonds is 8. The van der Waals surface area contributed by atoms with Gasteiger partial charge in [0.25, 0.3) is 0 Å². The van der Waals surface area contributed by atoms with Crippen molar-refractivity contribution in [3.05, 3.63) is 89.1 Å². The van der Waals surface area contributed by atoms with E-state index in [-0.39, 0.29) is 18.3 Å². The number of ether oxygens (including phenoxy) is 1. The summed E-state index contributed by atoms with van der Waals surface area (Å²) >= 11 is 7.31. The molecule has 168 valence electrons. The summed E-state index contributed by atoms with van der Waals surface area (Å²) < 4.78 is 13.3. The largest absolute Gasteiger partial charge is 0.486 e. The predicted octanol–water partition coefficient (Wildman–Crippen LogP) is 4.83. The molecule has 0 saturated heterocycles. The number of benzene rings is 2. The van der Waals surface area contributed by atoms with Crippen molar-refractivity contribution in [1.29, 1.82) is 0 Å². The lowest BCUT2D eigenvalue weighted by molar-refractivity contribution is -0.116. The van der Waals surface area contributed by atoms with Crippen molar-refractivity contribution in [2.24, 2.45) is 0 Å². The molecule has 9 heteroatoms. The molecule has 0 N–H and O–H groups in total. The topological polar surface area (TPSA) is 73.4 Å². The van der Waals surface area contributed by atoms with Gasteiger partial charge in [-0.2, -0.15) is 0 Å². The van der Waals surface area contributed by atoms with Crippen LogP contribution in [0.15, 0.2) is 76.5 Å². The highest BCUT2D eigenvalue weighted by Crippen LogP contribution is 2.29. The number of nitrogens with zero attached hydrogens (tertiary/aromatic N) is 4.